The number of aromatic nitrogens is 1. The van der Waals surface area contributed by atoms with E-state index in [2.05, 4.69) is 108 Å². The molecule has 0 radical (unpaired) electrons. The number of benzene rings is 5. The molecule has 0 bridgehead atoms. The van der Waals surface area contributed by atoms with Crippen molar-refractivity contribution in [1.29, 1.82) is 0 Å². The lowest BCUT2D eigenvalue weighted by Gasteiger charge is -2.12. The lowest BCUT2D eigenvalue weighted by atomic mass is 9.98. The van der Waals surface area contributed by atoms with Crippen LogP contribution in [0.25, 0.3) is 58.4 Å². The first-order valence-electron chi connectivity index (χ1n) is 10.2. The van der Waals surface area contributed by atoms with Gasteiger partial charge in [0.15, 0.2) is 0 Å². The molecule has 0 saturated heterocycles. The fourth-order valence-corrected chi connectivity index (χ4v) is 6.20. The van der Waals surface area contributed by atoms with Crippen LogP contribution < -0.4 is 0 Å². The molecule has 0 aliphatic rings. The largest absolute Gasteiger partial charge is 0.307 e. The average Bonchev–Trinajstić information content (AvgIpc) is 3.35. The highest BCUT2D eigenvalue weighted by molar-refractivity contribution is 7.26. The fraction of sp³-hybridized carbons (Fsp3) is 0. The van der Waals surface area contributed by atoms with E-state index in [9.17, 15) is 0 Å². The van der Waals surface area contributed by atoms with Gasteiger partial charge in [0.05, 0.1) is 15.7 Å². The van der Waals surface area contributed by atoms with E-state index in [1.54, 1.807) is 0 Å². The van der Waals surface area contributed by atoms with Gasteiger partial charge in [0.2, 0.25) is 0 Å². The summed E-state index contributed by atoms with van der Waals surface area (Å²) in [6.07, 6.45) is 0. The van der Waals surface area contributed by atoms with Crippen molar-refractivity contribution in [1.82, 2.24) is 4.57 Å². The van der Waals surface area contributed by atoms with Crippen molar-refractivity contribution in [3.8, 4) is 5.69 Å². The molecule has 2 heteroatoms. The smallest absolute Gasteiger partial charge is 0.0728 e. The van der Waals surface area contributed by atoms with Crippen LogP contribution in [0.3, 0.4) is 0 Å². The monoisotopic (exact) mass is 399 g/mol. The molecule has 1 nitrogen and oxygen atoms in total. The van der Waals surface area contributed by atoms with Crippen LogP contribution in [0.5, 0.6) is 0 Å². The number of hydrogen-bond acceptors (Lipinski definition) is 1. The lowest BCUT2D eigenvalue weighted by molar-refractivity contribution is 1.19. The molecule has 2 aromatic heterocycles. The number of hydrogen-bond donors (Lipinski definition) is 0. The predicted molar refractivity (Wildman–Crippen MR) is 131 cm³/mol. The Morgan fingerprint density at radius 3 is 1.80 bits per heavy atom. The Labute approximate surface area is 177 Å². The normalized spacial score (nSPS) is 12.0. The zero-order valence-corrected chi connectivity index (χ0v) is 17.0. The van der Waals surface area contributed by atoms with Gasteiger partial charge in [0, 0.05) is 26.5 Å². The molecule has 0 saturated carbocycles. The zero-order chi connectivity index (χ0) is 19.7. The van der Waals surface area contributed by atoms with Gasteiger partial charge in [-0.15, -0.1) is 11.3 Å². The summed E-state index contributed by atoms with van der Waals surface area (Å²) >= 11 is 1.91. The SMILES string of the molecule is c1ccc(-n2c3c4ccccc4sc3c3c4ccccc4c4ccccc4c32)cc1. The Kier molecular flexibility index (Phi) is 3.21. The van der Waals surface area contributed by atoms with Crippen molar-refractivity contribution in [3.63, 3.8) is 0 Å². The molecule has 2 heterocycles. The van der Waals surface area contributed by atoms with E-state index in [-0.39, 0.29) is 0 Å². The second kappa shape index (κ2) is 5.94. The standard InChI is InChI=1S/C28H17NS/c1-2-10-18(11-3-1)29-26-22-15-7-5-13-20(22)19-12-4-6-14-21(19)25(26)28-27(29)23-16-8-9-17-24(23)30-28/h1-17H. The van der Waals surface area contributed by atoms with Crippen LogP contribution in [0.2, 0.25) is 0 Å². The van der Waals surface area contributed by atoms with E-state index < -0.39 is 0 Å². The maximum Gasteiger partial charge on any atom is 0.0728 e. The Balaban J connectivity index is 1.90. The first-order chi connectivity index (χ1) is 14.9. The topological polar surface area (TPSA) is 4.93 Å². The molecule has 0 fully saturated rings. The molecule has 140 valence electrons. The Morgan fingerprint density at radius 2 is 1.03 bits per heavy atom. The molecule has 0 aliphatic carbocycles. The first-order valence-corrected chi connectivity index (χ1v) is 11.0. The number of fused-ring (bicyclic) bond motifs is 10. The van der Waals surface area contributed by atoms with Gasteiger partial charge in [0.25, 0.3) is 0 Å². The Bertz CT molecular complexity index is 1740. The molecule has 30 heavy (non-hydrogen) atoms. The predicted octanol–water partition coefficient (Wildman–Crippen LogP) is 8.30. The van der Waals surface area contributed by atoms with Gasteiger partial charge in [-0.1, -0.05) is 84.9 Å². The van der Waals surface area contributed by atoms with Gasteiger partial charge in [-0.2, -0.15) is 0 Å². The quantitative estimate of drug-likeness (QED) is 0.245. The van der Waals surface area contributed by atoms with E-state index in [4.69, 9.17) is 0 Å². The van der Waals surface area contributed by atoms with Gasteiger partial charge in [-0.3, -0.25) is 0 Å². The summed E-state index contributed by atoms with van der Waals surface area (Å²) in [6, 6.07) is 37.3. The summed E-state index contributed by atoms with van der Waals surface area (Å²) in [5, 5.41) is 7.97. The van der Waals surface area contributed by atoms with Crippen molar-refractivity contribution in [2.24, 2.45) is 0 Å². The lowest BCUT2D eigenvalue weighted by Crippen LogP contribution is -1.94. The molecule has 7 rings (SSSR count). The van der Waals surface area contributed by atoms with Crippen LogP contribution in [0.15, 0.2) is 103 Å². The van der Waals surface area contributed by atoms with Crippen molar-refractivity contribution >= 4 is 64.1 Å². The summed E-state index contributed by atoms with van der Waals surface area (Å²) in [7, 11) is 0. The maximum atomic E-state index is 2.48. The van der Waals surface area contributed by atoms with Gasteiger partial charge in [-0.05, 0) is 34.4 Å². The molecule has 0 N–H and O–H groups in total. The molecule has 0 amide bonds. The highest BCUT2D eigenvalue weighted by atomic mass is 32.1. The minimum atomic E-state index is 1.21. The third-order valence-corrected chi connectivity index (χ3v) is 7.34. The Hall–Kier alpha value is -3.62. The fourth-order valence-electron chi connectivity index (χ4n) is 4.96. The molecule has 0 atom stereocenters. The second-order valence-electron chi connectivity index (χ2n) is 7.76. The molecule has 0 aliphatic heterocycles. The van der Waals surface area contributed by atoms with E-state index >= 15 is 0 Å². The summed E-state index contributed by atoms with van der Waals surface area (Å²) in [6.45, 7) is 0. The summed E-state index contributed by atoms with van der Waals surface area (Å²) in [5.41, 5.74) is 3.84. The second-order valence-corrected chi connectivity index (χ2v) is 8.81. The van der Waals surface area contributed by atoms with Gasteiger partial charge < -0.3 is 4.57 Å². The summed E-state index contributed by atoms with van der Waals surface area (Å²) in [5.74, 6) is 0. The van der Waals surface area contributed by atoms with E-state index in [0.29, 0.717) is 0 Å². The van der Waals surface area contributed by atoms with E-state index in [0.717, 1.165) is 0 Å². The van der Waals surface area contributed by atoms with Crippen LogP contribution in [-0.2, 0) is 0 Å². The minimum absolute atomic E-state index is 1.21. The van der Waals surface area contributed by atoms with Crippen molar-refractivity contribution < 1.29 is 0 Å². The van der Waals surface area contributed by atoms with Crippen LogP contribution in [0.4, 0.5) is 0 Å². The van der Waals surface area contributed by atoms with Crippen LogP contribution in [0.1, 0.15) is 0 Å². The van der Waals surface area contributed by atoms with Crippen LogP contribution in [0, 0.1) is 0 Å². The highest BCUT2D eigenvalue weighted by Crippen LogP contribution is 2.47. The molecule has 0 spiro atoms. The highest BCUT2D eigenvalue weighted by Gasteiger charge is 2.21. The molecule has 7 aromatic rings. The first kappa shape index (κ1) is 16.2. The number of nitrogens with zero attached hydrogens (tertiary/aromatic N) is 1. The van der Waals surface area contributed by atoms with Crippen LogP contribution >= 0.6 is 11.3 Å². The van der Waals surface area contributed by atoms with Crippen molar-refractivity contribution in [2.75, 3.05) is 0 Å². The van der Waals surface area contributed by atoms with Crippen LogP contribution in [-0.4, -0.2) is 4.57 Å². The minimum Gasteiger partial charge on any atom is -0.307 e. The average molecular weight is 400 g/mol. The molecule has 5 aromatic carbocycles. The van der Waals surface area contributed by atoms with Crippen molar-refractivity contribution in [2.45, 2.75) is 0 Å². The zero-order valence-electron chi connectivity index (χ0n) is 16.2. The number of para-hydroxylation sites is 1. The summed E-state index contributed by atoms with van der Waals surface area (Å²) in [4.78, 5) is 0. The molecular formula is C28H17NS. The summed E-state index contributed by atoms with van der Waals surface area (Å²) < 4.78 is 5.20. The maximum absolute atomic E-state index is 2.48. The van der Waals surface area contributed by atoms with Gasteiger partial charge in [-0.25, -0.2) is 0 Å². The van der Waals surface area contributed by atoms with E-state index in [1.165, 1.54) is 58.4 Å². The third kappa shape index (κ3) is 2.01. The molecule has 0 unspecified atom stereocenters. The van der Waals surface area contributed by atoms with Gasteiger partial charge in [0.1, 0.15) is 0 Å². The Morgan fingerprint density at radius 1 is 0.467 bits per heavy atom. The molecular weight excluding hydrogens is 382 g/mol. The van der Waals surface area contributed by atoms with Crippen molar-refractivity contribution in [3.05, 3.63) is 103 Å². The number of thiophene rings is 1. The number of rotatable bonds is 1. The third-order valence-electron chi connectivity index (χ3n) is 6.16. The van der Waals surface area contributed by atoms with Gasteiger partial charge >= 0.3 is 0 Å². The van der Waals surface area contributed by atoms with E-state index in [1.807, 2.05) is 11.3 Å².